The topological polar surface area (TPSA) is 16.2 Å². The number of nitrogens with zero attached hydrogens (tertiary/aromatic N) is 5. The van der Waals surface area contributed by atoms with E-state index >= 15 is 0 Å². The SMILES string of the molecule is CN(C)CCC1CC(CCN(C)C)C2=CCCCN2N(CCN(C)C)C1. The third-order valence-corrected chi connectivity index (χ3v) is 5.79. The highest BCUT2D eigenvalue weighted by molar-refractivity contribution is 5.10. The molecule has 2 heterocycles. The molecule has 0 amide bonds. The molecule has 26 heavy (non-hydrogen) atoms. The maximum Gasteiger partial charge on any atom is 0.0346 e. The van der Waals surface area contributed by atoms with E-state index in [1.54, 1.807) is 5.70 Å². The molecule has 2 aliphatic rings. The number of hydrogen-bond acceptors (Lipinski definition) is 5. The average Bonchev–Trinajstić information content (AvgIpc) is 2.73. The fourth-order valence-corrected chi connectivity index (χ4v) is 4.26. The van der Waals surface area contributed by atoms with E-state index in [1.807, 2.05) is 0 Å². The largest absolute Gasteiger partial charge is 0.310 e. The first-order chi connectivity index (χ1) is 12.4. The third-order valence-electron chi connectivity index (χ3n) is 5.79. The van der Waals surface area contributed by atoms with Crippen LogP contribution in [-0.2, 0) is 0 Å². The maximum absolute atomic E-state index is 2.68. The van der Waals surface area contributed by atoms with Crippen molar-refractivity contribution >= 4 is 0 Å². The van der Waals surface area contributed by atoms with Crippen molar-refractivity contribution < 1.29 is 0 Å². The summed E-state index contributed by atoms with van der Waals surface area (Å²) in [6.07, 6.45) is 9.06. The van der Waals surface area contributed by atoms with Gasteiger partial charge in [-0.2, -0.15) is 0 Å². The van der Waals surface area contributed by atoms with Crippen LogP contribution in [0, 0.1) is 11.8 Å². The van der Waals surface area contributed by atoms with Gasteiger partial charge in [0, 0.05) is 37.8 Å². The molecule has 0 aromatic carbocycles. The minimum Gasteiger partial charge on any atom is -0.310 e. The Kier molecular flexibility index (Phi) is 8.88. The Morgan fingerprint density at radius 1 is 0.923 bits per heavy atom. The summed E-state index contributed by atoms with van der Waals surface area (Å²) < 4.78 is 0. The second kappa shape index (κ2) is 10.6. The number of fused-ring (bicyclic) bond motifs is 1. The van der Waals surface area contributed by atoms with Gasteiger partial charge in [0.1, 0.15) is 0 Å². The highest BCUT2D eigenvalue weighted by Crippen LogP contribution is 2.36. The highest BCUT2D eigenvalue weighted by atomic mass is 15.6. The molecule has 1 saturated heterocycles. The molecule has 0 bridgehead atoms. The lowest BCUT2D eigenvalue weighted by molar-refractivity contribution is -0.0102. The lowest BCUT2D eigenvalue weighted by Gasteiger charge is -2.41. The molecule has 5 nitrogen and oxygen atoms in total. The summed E-state index contributed by atoms with van der Waals surface area (Å²) in [5, 5.41) is 5.35. The second-order valence-electron chi connectivity index (χ2n) is 9.09. The summed E-state index contributed by atoms with van der Waals surface area (Å²) in [7, 11) is 13.2. The molecule has 1 fully saturated rings. The van der Waals surface area contributed by atoms with Gasteiger partial charge in [-0.15, -0.1) is 0 Å². The molecule has 2 unspecified atom stereocenters. The van der Waals surface area contributed by atoms with Crippen LogP contribution in [0.3, 0.4) is 0 Å². The van der Waals surface area contributed by atoms with Crippen LogP contribution in [0.15, 0.2) is 11.8 Å². The number of rotatable bonds is 9. The molecule has 2 atom stereocenters. The van der Waals surface area contributed by atoms with Crippen LogP contribution in [0.4, 0.5) is 0 Å². The van der Waals surface area contributed by atoms with Crippen molar-refractivity contribution in [2.45, 2.75) is 32.1 Å². The number of hydrazine groups is 1. The molecule has 2 rings (SSSR count). The van der Waals surface area contributed by atoms with Gasteiger partial charge >= 0.3 is 0 Å². The van der Waals surface area contributed by atoms with Gasteiger partial charge in [0.05, 0.1) is 0 Å². The summed E-state index contributed by atoms with van der Waals surface area (Å²) >= 11 is 0. The first-order valence-corrected chi connectivity index (χ1v) is 10.5. The Labute approximate surface area is 162 Å². The van der Waals surface area contributed by atoms with Crippen molar-refractivity contribution in [3.63, 3.8) is 0 Å². The van der Waals surface area contributed by atoms with Crippen molar-refractivity contribution in [2.75, 3.05) is 81.6 Å². The van der Waals surface area contributed by atoms with E-state index in [1.165, 1.54) is 58.3 Å². The zero-order chi connectivity index (χ0) is 19.1. The average molecular weight is 366 g/mol. The van der Waals surface area contributed by atoms with Gasteiger partial charge in [0.15, 0.2) is 0 Å². The predicted octanol–water partition coefficient (Wildman–Crippen LogP) is 2.28. The molecule has 0 spiro atoms. The normalized spacial score (nSPS) is 25.0. The third kappa shape index (κ3) is 6.84. The van der Waals surface area contributed by atoms with E-state index in [9.17, 15) is 0 Å². The van der Waals surface area contributed by atoms with E-state index in [-0.39, 0.29) is 0 Å². The molecule has 2 aliphatic heterocycles. The number of likely N-dealkylation sites (N-methyl/N-ethyl adjacent to an activating group) is 1. The lowest BCUT2D eigenvalue weighted by atomic mass is 9.87. The lowest BCUT2D eigenvalue weighted by Crippen LogP contribution is -2.47. The van der Waals surface area contributed by atoms with Crippen molar-refractivity contribution in [1.82, 2.24) is 24.7 Å². The van der Waals surface area contributed by atoms with E-state index < -0.39 is 0 Å². The standard InChI is InChI=1S/C21H43N5/c1-22(2)13-10-19-17-20(11-14-23(3)4)21-9-7-8-12-26(21)25(18-19)16-15-24(5)6/h9,19-20H,7-8,10-18H2,1-6H3. The zero-order valence-corrected chi connectivity index (χ0v) is 18.2. The van der Waals surface area contributed by atoms with Gasteiger partial charge in [-0.05, 0) is 93.4 Å². The van der Waals surface area contributed by atoms with Crippen molar-refractivity contribution in [3.05, 3.63) is 11.8 Å². The fraction of sp³-hybridized carbons (Fsp3) is 0.905. The van der Waals surface area contributed by atoms with Gasteiger partial charge in [0.2, 0.25) is 0 Å². The summed E-state index contributed by atoms with van der Waals surface area (Å²) in [6.45, 7) is 7.09. The summed E-state index contributed by atoms with van der Waals surface area (Å²) in [4.78, 5) is 7.00. The predicted molar refractivity (Wildman–Crippen MR) is 112 cm³/mol. The molecule has 0 aliphatic carbocycles. The van der Waals surface area contributed by atoms with Crippen LogP contribution in [-0.4, -0.2) is 106 Å². The molecule has 0 N–H and O–H groups in total. The highest BCUT2D eigenvalue weighted by Gasteiger charge is 2.33. The van der Waals surface area contributed by atoms with Gasteiger partial charge in [-0.3, -0.25) is 0 Å². The van der Waals surface area contributed by atoms with E-state index in [4.69, 9.17) is 0 Å². The molecular formula is C21H43N5. The first kappa shape index (κ1) is 21.7. The minimum absolute atomic E-state index is 0.717. The smallest absolute Gasteiger partial charge is 0.0346 e. The molecule has 0 aromatic heterocycles. The van der Waals surface area contributed by atoms with Gasteiger partial charge < -0.3 is 19.7 Å². The molecule has 0 aromatic rings. The first-order valence-electron chi connectivity index (χ1n) is 10.5. The number of hydrogen-bond donors (Lipinski definition) is 0. The fourth-order valence-electron chi connectivity index (χ4n) is 4.26. The van der Waals surface area contributed by atoms with Crippen molar-refractivity contribution in [1.29, 1.82) is 0 Å². The summed E-state index contributed by atoms with van der Waals surface area (Å²) in [6, 6.07) is 0. The van der Waals surface area contributed by atoms with Crippen LogP contribution in [0.2, 0.25) is 0 Å². The summed E-state index contributed by atoms with van der Waals surface area (Å²) in [5.74, 6) is 1.51. The Hall–Kier alpha value is -0.620. The molecule has 152 valence electrons. The quantitative estimate of drug-likeness (QED) is 0.621. The number of allylic oxidation sites excluding steroid dienone is 2. The van der Waals surface area contributed by atoms with E-state index in [0.29, 0.717) is 5.92 Å². The molecule has 0 radical (unpaired) electrons. The molecular weight excluding hydrogens is 322 g/mol. The monoisotopic (exact) mass is 365 g/mol. The maximum atomic E-state index is 2.68. The van der Waals surface area contributed by atoms with Crippen LogP contribution in [0.25, 0.3) is 0 Å². The van der Waals surface area contributed by atoms with Crippen molar-refractivity contribution in [3.8, 4) is 0 Å². The summed E-state index contributed by atoms with van der Waals surface area (Å²) in [5.41, 5.74) is 1.63. The van der Waals surface area contributed by atoms with Crippen LogP contribution >= 0.6 is 0 Å². The van der Waals surface area contributed by atoms with Gasteiger partial charge in [-0.1, -0.05) is 6.08 Å². The molecule has 0 saturated carbocycles. The second-order valence-corrected chi connectivity index (χ2v) is 9.09. The Bertz CT molecular complexity index is 432. The zero-order valence-electron chi connectivity index (χ0n) is 18.2. The van der Waals surface area contributed by atoms with Crippen LogP contribution in [0.5, 0.6) is 0 Å². The van der Waals surface area contributed by atoms with Crippen LogP contribution in [0.1, 0.15) is 32.1 Å². The Morgan fingerprint density at radius 2 is 1.58 bits per heavy atom. The van der Waals surface area contributed by atoms with Gasteiger partial charge in [-0.25, -0.2) is 5.01 Å². The Balaban J connectivity index is 2.16. The van der Waals surface area contributed by atoms with Gasteiger partial charge in [0.25, 0.3) is 0 Å². The van der Waals surface area contributed by atoms with E-state index in [0.717, 1.165) is 19.0 Å². The van der Waals surface area contributed by atoms with E-state index in [2.05, 4.69) is 73.1 Å². The molecule has 5 heteroatoms. The van der Waals surface area contributed by atoms with Crippen molar-refractivity contribution in [2.24, 2.45) is 11.8 Å². The van der Waals surface area contributed by atoms with Crippen LogP contribution < -0.4 is 0 Å². The minimum atomic E-state index is 0.717. The Morgan fingerprint density at radius 3 is 2.23 bits per heavy atom.